The lowest BCUT2D eigenvalue weighted by Crippen LogP contribution is -1.91. The van der Waals surface area contributed by atoms with Crippen molar-refractivity contribution < 1.29 is 9.47 Å². The first-order chi connectivity index (χ1) is 11.9. The van der Waals surface area contributed by atoms with Gasteiger partial charge >= 0.3 is 0 Å². The maximum Gasteiger partial charge on any atom is 0.131 e. The second kappa shape index (κ2) is 7.02. The Labute approximate surface area is 150 Å². The van der Waals surface area contributed by atoms with Gasteiger partial charge < -0.3 is 9.47 Å². The molecule has 0 radical (unpaired) electrons. The van der Waals surface area contributed by atoms with Gasteiger partial charge in [-0.15, -0.1) is 0 Å². The van der Waals surface area contributed by atoms with Gasteiger partial charge in [0.1, 0.15) is 23.0 Å². The molecule has 128 valence electrons. The average molecular weight is 332 g/mol. The molecular weight excluding hydrogens is 308 g/mol. The topological polar surface area (TPSA) is 18.5 Å². The number of ether oxygens (including phenoxy) is 2. The van der Waals surface area contributed by atoms with E-state index >= 15 is 0 Å². The van der Waals surface area contributed by atoms with Crippen molar-refractivity contribution in [2.75, 3.05) is 0 Å². The van der Waals surface area contributed by atoms with E-state index in [1.165, 1.54) is 22.3 Å². The van der Waals surface area contributed by atoms with Crippen LogP contribution >= 0.6 is 0 Å². The average Bonchev–Trinajstić information content (AvgIpc) is 2.43. The molecule has 0 amide bonds. The highest BCUT2D eigenvalue weighted by Crippen LogP contribution is 2.31. The minimum atomic E-state index is 0.782. The molecule has 2 heteroatoms. The van der Waals surface area contributed by atoms with E-state index in [0.717, 1.165) is 28.6 Å². The van der Waals surface area contributed by atoms with E-state index in [2.05, 4.69) is 39.8 Å². The van der Waals surface area contributed by atoms with E-state index in [-0.39, 0.29) is 0 Å². The molecule has 0 aliphatic carbocycles. The first-order valence-corrected chi connectivity index (χ1v) is 8.51. The van der Waals surface area contributed by atoms with Crippen LogP contribution in [0.1, 0.15) is 27.8 Å². The van der Waals surface area contributed by atoms with Gasteiger partial charge in [0.05, 0.1) is 0 Å². The lowest BCUT2D eigenvalue weighted by atomic mass is 10.1. The van der Waals surface area contributed by atoms with Gasteiger partial charge in [-0.1, -0.05) is 12.1 Å². The predicted molar refractivity (Wildman–Crippen MR) is 103 cm³/mol. The standard InChI is InChI=1S/C23H24O2/c1-15-6-16(2)9-20(8-15)24-22-12-19(5)13-23(14-22)25-21-10-17(3)7-18(4)11-21/h6-14H,1-5H3. The van der Waals surface area contributed by atoms with Gasteiger partial charge in [-0.25, -0.2) is 0 Å². The Morgan fingerprint density at radius 2 is 0.600 bits per heavy atom. The maximum atomic E-state index is 6.07. The molecule has 0 unspecified atom stereocenters. The summed E-state index contributed by atoms with van der Waals surface area (Å²) >= 11 is 0. The van der Waals surface area contributed by atoms with Crippen molar-refractivity contribution in [3.63, 3.8) is 0 Å². The van der Waals surface area contributed by atoms with Crippen molar-refractivity contribution in [3.8, 4) is 23.0 Å². The SMILES string of the molecule is Cc1cc(C)cc(Oc2cc(C)cc(Oc3cc(C)cc(C)c3)c2)c1. The zero-order valence-corrected chi connectivity index (χ0v) is 15.5. The largest absolute Gasteiger partial charge is 0.457 e. The molecule has 0 spiro atoms. The molecule has 3 aromatic rings. The summed E-state index contributed by atoms with van der Waals surface area (Å²) in [5.74, 6) is 3.26. The highest BCUT2D eigenvalue weighted by Gasteiger charge is 2.06. The third kappa shape index (κ3) is 4.63. The minimum Gasteiger partial charge on any atom is -0.457 e. The normalized spacial score (nSPS) is 10.6. The molecule has 0 aliphatic rings. The smallest absolute Gasteiger partial charge is 0.131 e. The molecule has 0 aliphatic heterocycles. The Hall–Kier alpha value is -2.74. The Morgan fingerprint density at radius 3 is 0.920 bits per heavy atom. The summed E-state index contributed by atoms with van der Waals surface area (Å²) < 4.78 is 12.1. The Bertz CT molecular complexity index is 798. The van der Waals surface area contributed by atoms with Crippen molar-refractivity contribution in [3.05, 3.63) is 82.4 Å². The van der Waals surface area contributed by atoms with Gasteiger partial charge in [-0.05, 0) is 98.8 Å². The summed E-state index contributed by atoms with van der Waals surface area (Å²) in [5.41, 5.74) is 5.86. The molecule has 25 heavy (non-hydrogen) atoms. The summed E-state index contributed by atoms with van der Waals surface area (Å²) in [6, 6.07) is 18.4. The van der Waals surface area contributed by atoms with Crippen LogP contribution in [0.3, 0.4) is 0 Å². The molecule has 0 saturated carbocycles. The van der Waals surface area contributed by atoms with Crippen molar-refractivity contribution in [2.24, 2.45) is 0 Å². The van der Waals surface area contributed by atoms with Crippen LogP contribution in [-0.4, -0.2) is 0 Å². The molecule has 0 saturated heterocycles. The van der Waals surface area contributed by atoms with Crippen molar-refractivity contribution in [2.45, 2.75) is 34.6 Å². The summed E-state index contributed by atoms with van der Waals surface area (Å²) in [5, 5.41) is 0. The van der Waals surface area contributed by atoms with E-state index in [1.54, 1.807) is 0 Å². The molecule has 3 aromatic carbocycles. The van der Waals surface area contributed by atoms with E-state index in [0.29, 0.717) is 0 Å². The number of benzene rings is 3. The van der Waals surface area contributed by atoms with Crippen LogP contribution in [0.2, 0.25) is 0 Å². The number of hydrogen-bond acceptors (Lipinski definition) is 2. The van der Waals surface area contributed by atoms with Crippen molar-refractivity contribution in [1.82, 2.24) is 0 Å². The van der Waals surface area contributed by atoms with Gasteiger partial charge in [0.2, 0.25) is 0 Å². The zero-order chi connectivity index (χ0) is 18.0. The summed E-state index contributed by atoms with van der Waals surface area (Å²) in [6.07, 6.45) is 0. The fourth-order valence-electron chi connectivity index (χ4n) is 3.09. The monoisotopic (exact) mass is 332 g/mol. The highest BCUT2D eigenvalue weighted by atomic mass is 16.5. The molecule has 0 fully saturated rings. The molecule has 0 heterocycles. The molecule has 0 bridgehead atoms. The second-order valence-electron chi connectivity index (χ2n) is 6.83. The molecule has 0 atom stereocenters. The first-order valence-electron chi connectivity index (χ1n) is 8.51. The Balaban J connectivity index is 1.87. The Kier molecular flexibility index (Phi) is 4.80. The van der Waals surface area contributed by atoms with E-state index in [9.17, 15) is 0 Å². The number of hydrogen-bond donors (Lipinski definition) is 0. The molecule has 2 nitrogen and oxygen atoms in total. The van der Waals surface area contributed by atoms with Gasteiger partial charge in [0.25, 0.3) is 0 Å². The molecule has 0 N–H and O–H groups in total. The van der Waals surface area contributed by atoms with Crippen LogP contribution in [0.4, 0.5) is 0 Å². The molecule has 3 rings (SSSR count). The highest BCUT2D eigenvalue weighted by molar-refractivity contribution is 5.44. The van der Waals surface area contributed by atoms with Crippen LogP contribution < -0.4 is 9.47 Å². The van der Waals surface area contributed by atoms with Gasteiger partial charge in [0, 0.05) is 6.07 Å². The third-order valence-electron chi connectivity index (χ3n) is 3.89. The van der Waals surface area contributed by atoms with Crippen molar-refractivity contribution in [1.29, 1.82) is 0 Å². The van der Waals surface area contributed by atoms with Crippen LogP contribution in [0, 0.1) is 34.6 Å². The van der Waals surface area contributed by atoms with Crippen LogP contribution in [0.25, 0.3) is 0 Å². The fourth-order valence-corrected chi connectivity index (χ4v) is 3.09. The quantitative estimate of drug-likeness (QED) is 0.522. The van der Waals surface area contributed by atoms with E-state index < -0.39 is 0 Å². The van der Waals surface area contributed by atoms with Gasteiger partial charge in [-0.3, -0.25) is 0 Å². The van der Waals surface area contributed by atoms with Crippen LogP contribution in [0.5, 0.6) is 23.0 Å². The van der Waals surface area contributed by atoms with E-state index in [1.807, 2.05) is 49.4 Å². The summed E-state index contributed by atoms with van der Waals surface area (Å²) in [4.78, 5) is 0. The van der Waals surface area contributed by atoms with Gasteiger partial charge in [0.15, 0.2) is 0 Å². The number of aryl methyl sites for hydroxylation is 5. The van der Waals surface area contributed by atoms with E-state index in [4.69, 9.17) is 9.47 Å². The maximum absolute atomic E-state index is 6.07. The lowest BCUT2D eigenvalue weighted by Gasteiger charge is -2.12. The number of rotatable bonds is 4. The van der Waals surface area contributed by atoms with Crippen LogP contribution in [0.15, 0.2) is 54.6 Å². The van der Waals surface area contributed by atoms with Gasteiger partial charge in [-0.2, -0.15) is 0 Å². The lowest BCUT2D eigenvalue weighted by molar-refractivity contribution is 0.459. The van der Waals surface area contributed by atoms with Crippen LogP contribution in [-0.2, 0) is 0 Å². The second-order valence-corrected chi connectivity index (χ2v) is 6.83. The first kappa shape index (κ1) is 17.1. The molecular formula is C23H24O2. The summed E-state index contributed by atoms with van der Waals surface area (Å²) in [6.45, 7) is 10.3. The Morgan fingerprint density at radius 1 is 0.360 bits per heavy atom. The zero-order valence-electron chi connectivity index (χ0n) is 15.5. The fraction of sp³-hybridized carbons (Fsp3) is 0.217. The predicted octanol–water partition coefficient (Wildman–Crippen LogP) is 6.81. The molecule has 0 aromatic heterocycles. The van der Waals surface area contributed by atoms with Crippen molar-refractivity contribution >= 4 is 0 Å². The minimum absolute atomic E-state index is 0.782. The third-order valence-corrected chi connectivity index (χ3v) is 3.89. The summed E-state index contributed by atoms with van der Waals surface area (Å²) in [7, 11) is 0.